The van der Waals surface area contributed by atoms with Crippen molar-refractivity contribution in [1.29, 1.82) is 0 Å². The Morgan fingerprint density at radius 1 is 1.04 bits per heavy atom. The standard InChI is InChI=1S/C21H27NO2Si/c1-21(2,3)25(4,5)24-16-10-13-19-20(14-9-15-22-19)23-17-18-11-7-6-8-12-18/h6-9,11-12,14-15H,16-17H2,1-5H3. The van der Waals surface area contributed by atoms with Crippen LogP contribution in [0.15, 0.2) is 48.7 Å². The molecule has 0 aliphatic carbocycles. The van der Waals surface area contributed by atoms with Crippen molar-refractivity contribution in [3.8, 4) is 17.6 Å². The lowest BCUT2D eigenvalue weighted by molar-refractivity contribution is 0.304. The van der Waals surface area contributed by atoms with E-state index in [9.17, 15) is 0 Å². The van der Waals surface area contributed by atoms with Crippen LogP contribution in [0.1, 0.15) is 32.0 Å². The van der Waals surface area contributed by atoms with Gasteiger partial charge in [0, 0.05) is 6.20 Å². The summed E-state index contributed by atoms with van der Waals surface area (Å²) in [7, 11) is -1.77. The highest BCUT2D eigenvalue weighted by molar-refractivity contribution is 6.74. The number of hydrogen-bond acceptors (Lipinski definition) is 3. The Balaban J connectivity index is 1.99. The first-order chi connectivity index (χ1) is 11.8. The Kier molecular flexibility index (Phi) is 6.41. The summed E-state index contributed by atoms with van der Waals surface area (Å²) < 4.78 is 12.0. The van der Waals surface area contributed by atoms with Gasteiger partial charge in [-0.3, -0.25) is 0 Å². The monoisotopic (exact) mass is 353 g/mol. The third-order valence-corrected chi connectivity index (χ3v) is 9.00. The normalized spacial score (nSPS) is 11.6. The fourth-order valence-corrected chi connectivity index (χ4v) is 2.76. The number of nitrogens with zero attached hydrogens (tertiary/aromatic N) is 1. The van der Waals surface area contributed by atoms with Crippen molar-refractivity contribution in [1.82, 2.24) is 4.98 Å². The highest BCUT2D eigenvalue weighted by Gasteiger charge is 2.36. The van der Waals surface area contributed by atoms with Crippen molar-refractivity contribution in [3.05, 3.63) is 59.9 Å². The summed E-state index contributed by atoms with van der Waals surface area (Å²) >= 11 is 0. The number of aromatic nitrogens is 1. The van der Waals surface area contributed by atoms with Crippen molar-refractivity contribution in [2.24, 2.45) is 0 Å². The minimum atomic E-state index is -1.77. The summed E-state index contributed by atoms with van der Waals surface area (Å²) in [6, 6.07) is 13.8. The zero-order valence-electron chi connectivity index (χ0n) is 15.8. The van der Waals surface area contributed by atoms with E-state index < -0.39 is 8.32 Å². The van der Waals surface area contributed by atoms with Gasteiger partial charge in [-0.2, -0.15) is 0 Å². The summed E-state index contributed by atoms with van der Waals surface area (Å²) in [5.74, 6) is 6.87. The summed E-state index contributed by atoms with van der Waals surface area (Å²) in [5, 5.41) is 0.184. The van der Waals surface area contributed by atoms with Gasteiger partial charge in [-0.15, -0.1) is 0 Å². The Labute approximate surface area is 152 Å². The van der Waals surface area contributed by atoms with Crippen molar-refractivity contribution in [2.75, 3.05) is 6.61 Å². The molecular weight excluding hydrogens is 326 g/mol. The Morgan fingerprint density at radius 3 is 2.44 bits per heavy atom. The molecule has 0 saturated carbocycles. The molecule has 0 bridgehead atoms. The van der Waals surface area contributed by atoms with E-state index in [4.69, 9.17) is 9.16 Å². The second kappa shape index (κ2) is 8.33. The molecule has 132 valence electrons. The van der Waals surface area contributed by atoms with E-state index in [1.165, 1.54) is 0 Å². The molecular formula is C21H27NO2Si. The SMILES string of the molecule is CC(C)(C)[Si](C)(C)OCC#Cc1ncccc1OCc1ccccc1. The molecule has 25 heavy (non-hydrogen) atoms. The highest BCUT2D eigenvalue weighted by atomic mass is 28.4. The zero-order valence-corrected chi connectivity index (χ0v) is 16.8. The first-order valence-corrected chi connectivity index (χ1v) is 11.4. The third-order valence-electron chi connectivity index (χ3n) is 4.53. The lowest BCUT2D eigenvalue weighted by Crippen LogP contribution is -2.40. The number of hydrogen-bond donors (Lipinski definition) is 0. The average molecular weight is 354 g/mol. The largest absolute Gasteiger partial charge is 0.486 e. The minimum Gasteiger partial charge on any atom is -0.486 e. The number of benzene rings is 1. The van der Waals surface area contributed by atoms with Crippen molar-refractivity contribution in [2.45, 2.75) is 45.5 Å². The molecule has 0 fully saturated rings. The van der Waals surface area contributed by atoms with Crippen LogP contribution in [-0.2, 0) is 11.0 Å². The van der Waals surface area contributed by atoms with Crippen LogP contribution in [0.4, 0.5) is 0 Å². The molecule has 0 aliphatic rings. The van der Waals surface area contributed by atoms with E-state index in [1.807, 2.05) is 42.5 Å². The van der Waals surface area contributed by atoms with Gasteiger partial charge in [0.2, 0.25) is 0 Å². The second-order valence-electron chi connectivity index (χ2n) is 7.48. The van der Waals surface area contributed by atoms with Crippen LogP contribution in [-0.4, -0.2) is 19.9 Å². The van der Waals surface area contributed by atoms with E-state index in [0.717, 1.165) is 5.56 Å². The molecule has 0 N–H and O–H groups in total. The second-order valence-corrected chi connectivity index (χ2v) is 12.3. The van der Waals surface area contributed by atoms with Gasteiger partial charge in [0.1, 0.15) is 6.61 Å². The van der Waals surface area contributed by atoms with Gasteiger partial charge >= 0.3 is 0 Å². The van der Waals surface area contributed by atoms with Crippen LogP contribution < -0.4 is 4.74 Å². The molecule has 0 aliphatic heterocycles. The molecule has 0 atom stereocenters. The molecule has 1 heterocycles. The van der Waals surface area contributed by atoms with Crippen molar-refractivity contribution < 1.29 is 9.16 Å². The van der Waals surface area contributed by atoms with E-state index >= 15 is 0 Å². The molecule has 0 spiro atoms. The van der Waals surface area contributed by atoms with Crippen molar-refractivity contribution >= 4 is 8.32 Å². The van der Waals surface area contributed by atoms with E-state index in [1.54, 1.807) is 6.20 Å². The van der Waals surface area contributed by atoms with Gasteiger partial charge in [0.15, 0.2) is 19.8 Å². The lowest BCUT2D eigenvalue weighted by atomic mass is 10.2. The van der Waals surface area contributed by atoms with Crippen LogP contribution in [0.3, 0.4) is 0 Å². The van der Waals surface area contributed by atoms with Gasteiger partial charge in [-0.05, 0) is 41.7 Å². The fourth-order valence-electron chi connectivity index (χ4n) is 1.89. The smallest absolute Gasteiger partial charge is 0.193 e. The summed E-state index contributed by atoms with van der Waals surface area (Å²) in [4.78, 5) is 4.33. The molecule has 2 aromatic rings. The van der Waals surface area contributed by atoms with E-state index in [0.29, 0.717) is 24.7 Å². The van der Waals surface area contributed by atoms with Gasteiger partial charge < -0.3 is 9.16 Å². The van der Waals surface area contributed by atoms with E-state index in [2.05, 4.69) is 50.7 Å². The number of ether oxygens (including phenoxy) is 1. The van der Waals surface area contributed by atoms with Gasteiger partial charge in [-0.1, -0.05) is 57.0 Å². The maximum atomic E-state index is 6.08. The number of pyridine rings is 1. The van der Waals surface area contributed by atoms with Crippen LogP contribution in [0.5, 0.6) is 5.75 Å². The maximum absolute atomic E-state index is 6.08. The Bertz CT molecular complexity index is 740. The van der Waals surface area contributed by atoms with Crippen molar-refractivity contribution in [3.63, 3.8) is 0 Å². The third kappa shape index (κ3) is 5.74. The summed E-state index contributed by atoms with van der Waals surface area (Å²) in [6.07, 6.45) is 1.73. The number of rotatable bonds is 5. The minimum absolute atomic E-state index is 0.184. The Hall–Kier alpha value is -2.09. The summed E-state index contributed by atoms with van der Waals surface area (Å²) in [6.45, 7) is 12.0. The zero-order chi connectivity index (χ0) is 18.3. The van der Waals surface area contributed by atoms with Gasteiger partial charge in [-0.25, -0.2) is 4.98 Å². The fraction of sp³-hybridized carbons (Fsp3) is 0.381. The molecule has 3 nitrogen and oxygen atoms in total. The van der Waals surface area contributed by atoms with E-state index in [-0.39, 0.29) is 5.04 Å². The first kappa shape index (κ1) is 19.2. The molecule has 2 rings (SSSR count). The van der Waals surface area contributed by atoms with Gasteiger partial charge in [0.25, 0.3) is 0 Å². The molecule has 0 amide bonds. The molecule has 0 unspecified atom stereocenters. The topological polar surface area (TPSA) is 31.4 Å². The lowest BCUT2D eigenvalue weighted by Gasteiger charge is -2.35. The molecule has 1 aromatic carbocycles. The molecule has 0 saturated heterocycles. The average Bonchev–Trinajstić information content (AvgIpc) is 2.57. The maximum Gasteiger partial charge on any atom is 0.193 e. The van der Waals surface area contributed by atoms with Crippen LogP contribution >= 0.6 is 0 Å². The molecule has 1 aromatic heterocycles. The molecule has 0 radical (unpaired) electrons. The summed E-state index contributed by atoms with van der Waals surface area (Å²) in [5.41, 5.74) is 1.77. The van der Waals surface area contributed by atoms with Crippen LogP contribution in [0.2, 0.25) is 18.1 Å². The molecule has 4 heteroatoms. The highest BCUT2D eigenvalue weighted by Crippen LogP contribution is 2.36. The quantitative estimate of drug-likeness (QED) is 0.558. The predicted molar refractivity (Wildman–Crippen MR) is 105 cm³/mol. The predicted octanol–water partition coefficient (Wildman–Crippen LogP) is 5.03. The van der Waals surface area contributed by atoms with Gasteiger partial charge in [0.05, 0.1) is 6.61 Å². The van der Waals surface area contributed by atoms with Crippen LogP contribution in [0, 0.1) is 11.8 Å². The van der Waals surface area contributed by atoms with Crippen LogP contribution in [0.25, 0.3) is 0 Å². The first-order valence-electron chi connectivity index (χ1n) is 8.54. The Morgan fingerprint density at radius 2 is 1.76 bits per heavy atom.